The normalized spacial score (nSPS) is 14.4. The van der Waals surface area contributed by atoms with E-state index in [-0.39, 0.29) is 89.5 Å². The van der Waals surface area contributed by atoms with Gasteiger partial charge in [0, 0.05) is 36.8 Å². The lowest BCUT2D eigenvalue weighted by atomic mass is 10.1. The minimum absolute atomic E-state index is 0.0326. The van der Waals surface area contributed by atoms with Crippen LogP contribution < -0.4 is 25.2 Å². The zero-order valence-corrected chi connectivity index (χ0v) is 29.2. The van der Waals surface area contributed by atoms with Crippen LogP contribution in [0.5, 0.6) is 17.2 Å². The first-order chi connectivity index (χ1) is 25.4. The number of carbonyl (C=O) groups is 2. The Morgan fingerprint density at radius 3 is 2.47 bits per heavy atom. The molecule has 0 bridgehead atoms. The number of hydrogen-bond donors (Lipinski definition) is 2. The molecule has 276 valence electrons. The number of fused-ring (bicyclic) bond motifs is 2. The number of rotatable bonds is 8. The summed E-state index contributed by atoms with van der Waals surface area (Å²) in [4.78, 5) is 57.1. The van der Waals surface area contributed by atoms with Crippen LogP contribution in [0.1, 0.15) is 28.8 Å². The van der Waals surface area contributed by atoms with Crippen LogP contribution in [-0.2, 0) is 17.8 Å². The van der Waals surface area contributed by atoms with Crippen LogP contribution in [-0.4, -0.2) is 95.9 Å². The van der Waals surface area contributed by atoms with Gasteiger partial charge in [0.05, 0.1) is 17.0 Å². The highest BCUT2D eigenvalue weighted by Gasteiger charge is 2.32. The van der Waals surface area contributed by atoms with E-state index in [0.29, 0.717) is 42.4 Å². The minimum Gasteiger partial charge on any atom is -0.504 e. The van der Waals surface area contributed by atoms with Gasteiger partial charge in [0.2, 0.25) is 11.7 Å². The van der Waals surface area contributed by atoms with Gasteiger partial charge in [0.15, 0.2) is 28.8 Å². The maximum Gasteiger partial charge on any atom is 0.446 e. The molecule has 0 spiro atoms. The van der Waals surface area contributed by atoms with Gasteiger partial charge in [-0.1, -0.05) is 13.0 Å². The second-order valence-corrected chi connectivity index (χ2v) is 13.2. The zero-order chi connectivity index (χ0) is 37.4. The van der Waals surface area contributed by atoms with Gasteiger partial charge in [-0.3, -0.25) is 14.4 Å². The first-order valence-corrected chi connectivity index (χ1v) is 17.4. The third-order valence-corrected chi connectivity index (χ3v) is 9.47. The number of amides is 2. The van der Waals surface area contributed by atoms with Gasteiger partial charge < -0.3 is 34.3 Å². The third kappa shape index (κ3) is 7.15. The van der Waals surface area contributed by atoms with E-state index in [1.807, 2.05) is 11.8 Å². The Balaban J connectivity index is 1.24. The number of aryl methyl sites for hydroxylation is 1. The first-order valence-electron chi connectivity index (χ1n) is 16.5. The van der Waals surface area contributed by atoms with Crippen molar-refractivity contribution in [3.05, 3.63) is 76.2 Å². The molecule has 2 aliphatic rings. The summed E-state index contributed by atoms with van der Waals surface area (Å²) >= 11 is -0.260. The Hall–Kier alpha value is -5.85. The Bertz CT molecular complexity index is 2270. The van der Waals surface area contributed by atoms with Crippen LogP contribution in [0.25, 0.3) is 17.2 Å². The Labute approximate surface area is 303 Å². The molecule has 2 N–H and O–H groups in total. The van der Waals surface area contributed by atoms with Crippen LogP contribution >= 0.6 is 11.8 Å². The van der Waals surface area contributed by atoms with E-state index in [1.54, 1.807) is 29.7 Å². The number of aromatic hydroxyl groups is 1. The largest absolute Gasteiger partial charge is 0.504 e. The topological polar surface area (TPSA) is 169 Å². The molecule has 2 aliphatic heterocycles. The number of carbonyl (C=O) groups excluding carboxylic acids is 2. The number of nitrogens with one attached hydrogen (secondary N) is 1. The maximum atomic E-state index is 14.4. The predicted molar refractivity (Wildman–Crippen MR) is 187 cm³/mol. The summed E-state index contributed by atoms with van der Waals surface area (Å²) in [6.45, 7) is 4.59. The molecular weight excluding hydrogens is 719 g/mol. The molecule has 7 rings (SSSR count). The van der Waals surface area contributed by atoms with Gasteiger partial charge in [-0.05, 0) is 61.5 Å². The molecule has 0 radical (unpaired) electrons. The molecule has 5 heterocycles. The molecule has 0 aliphatic carbocycles. The molecule has 0 atom stereocenters. The highest BCUT2D eigenvalue weighted by atomic mass is 32.2. The van der Waals surface area contributed by atoms with Gasteiger partial charge in [0.1, 0.15) is 31.8 Å². The molecule has 53 heavy (non-hydrogen) atoms. The van der Waals surface area contributed by atoms with E-state index < -0.39 is 22.9 Å². The molecule has 15 nitrogen and oxygen atoms in total. The number of hydrogen-bond acceptors (Lipinski definition) is 12. The van der Waals surface area contributed by atoms with Gasteiger partial charge in [-0.15, -0.1) is 5.10 Å². The number of ether oxygens (including phenoxy) is 2. The zero-order valence-electron chi connectivity index (χ0n) is 28.4. The standard InChI is InChI=1S/C34H32F3N9O6S/c1-3-23-27(43-11-13-44(14-12-43)31(49)26-28(48)19(2)38-18-39-26)32(50)46-33(41-30(42-46)22-5-4-6-24-29(22)52-16-15-51-24)45(23)17-25(47)40-20-7-9-21(10-8-20)53-34(35,36)37/h4-10,18,48H,3,11-17H2,1-2H3,(H,40,47). The Kier molecular flexibility index (Phi) is 9.58. The Morgan fingerprint density at radius 1 is 1.02 bits per heavy atom. The number of halogens is 3. The highest BCUT2D eigenvalue weighted by Crippen LogP contribution is 2.39. The lowest BCUT2D eigenvalue weighted by Crippen LogP contribution is -2.51. The molecule has 1 saturated heterocycles. The molecular formula is C34H32F3N9O6S. The van der Waals surface area contributed by atoms with Crippen molar-refractivity contribution < 1.29 is 37.3 Å². The number of anilines is 2. The number of nitrogens with zero attached hydrogens (tertiary/aromatic N) is 8. The number of piperazine rings is 1. The van der Waals surface area contributed by atoms with Crippen molar-refractivity contribution in [3.8, 4) is 28.6 Å². The number of aromatic nitrogens is 6. The summed E-state index contributed by atoms with van der Waals surface area (Å²) in [6.07, 6.45) is 1.50. The van der Waals surface area contributed by atoms with E-state index in [1.165, 1.54) is 35.5 Å². The monoisotopic (exact) mass is 751 g/mol. The van der Waals surface area contributed by atoms with Crippen molar-refractivity contribution >= 4 is 40.7 Å². The van der Waals surface area contributed by atoms with Crippen LogP contribution in [0.15, 0.2) is 58.5 Å². The molecule has 2 aromatic carbocycles. The fourth-order valence-electron chi connectivity index (χ4n) is 6.28. The third-order valence-electron chi connectivity index (χ3n) is 8.73. The summed E-state index contributed by atoms with van der Waals surface area (Å²) in [5, 5.41) is 17.7. The van der Waals surface area contributed by atoms with E-state index >= 15 is 0 Å². The number of thioether (sulfide) groups is 1. The van der Waals surface area contributed by atoms with Crippen molar-refractivity contribution in [2.45, 2.75) is 37.2 Å². The van der Waals surface area contributed by atoms with Crippen molar-refractivity contribution in [2.75, 3.05) is 49.6 Å². The van der Waals surface area contributed by atoms with Gasteiger partial charge in [0.25, 0.3) is 11.5 Å². The van der Waals surface area contributed by atoms with Crippen LogP contribution in [0.2, 0.25) is 0 Å². The molecule has 5 aromatic rings. The summed E-state index contributed by atoms with van der Waals surface area (Å²) < 4.78 is 52.8. The van der Waals surface area contributed by atoms with Gasteiger partial charge in [-0.2, -0.15) is 22.7 Å². The maximum absolute atomic E-state index is 14.4. The van der Waals surface area contributed by atoms with Gasteiger partial charge in [-0.25, -0.2) is 9.97 Å². The van der Waals surface area contributed by atoms with E-state index in [0.717, 1.165) is 4.52 Å². The van der Waals surface area contributed by atoms with Crippen molar-refractivity contribution in [1.82, 2.24) is 34.0 Å². The fourth-order valence-corrected chi connectivity index (χ4v) is 6.82. The minimum atomic E-state index is -4.45. The van der Waals surface area contributed by atoms with E-state index in [4.69, 9.17) is 14.5 Å². The average Bonchev–Trinajstić information content (AvgIpc) is 3.59. The van der Waals surface area contributed by atoms with Crippen LogP contribution in [0.4, 0.5) is 24.5 Å². The quantitative estimate of drug-likeness (QED) is 0.220. The molecule has 2 amide bonds. The number of benzene rings is 2. The number of alkyl halides is 3. The fraction of sp³-hybridized carbons (Fsp3) is 0.324. The molecule has 1 fully saturated rings. The molecule has 3 aromatic heterocycles. The number of para-hydroxylation sites is 1. The lowest BCUT2D eigenvalue weighted by molar-refractivity contribution is -0.116. The summed E-state index contributed by atoms with van der Waals surface area (Å²) in [5.41, 5.74) is -3.29. The summed E-state index contributed by atoms with van der Waals surface area (Å²) in [5.74, 6) is -0.150. The lowest BCUT2D eigenvalue weighted by Gasteiger charge is -2.36. The highest BCUT2D eigenvalue weighted by molar-refractivity contribution is 8.00. The Morgan fingerprint density at radius 2 is 1.75 bits per heavy atom. The van der Waals surface area contributed by atoms with Gasteiger partial charge >= 0.3 is 5.51 Å². The van der Waals surface area contributed by atoms with Crippen molar-refractivity contribution in [2.24, 2.45) is 0 Å². The van der Waals surface area contributed by atoms with Crippen LogP contribution in [0, 0.1) is 6.92 Å². The summed E-state index contributed by atoms with van der Waals surface area (Å²) in [7, 11) is 0. The second kappa shape index (κ2) is 14.3. The van der Waals surface area contributed by atoms with Crippen molar-refractivity contribution in [3.63, 3.8) is 0 Å². The second-order valence-electron chi connectivity index (χ2n) is 12.1. The summed E-state index contributed by atoms with van der Waals surface area (Å²) in [6, 6.07) is 10.5. The predicted octanol–water partition coefficient (Wildman–Crippen LogP) is 3.91. The smallest absolute Gasteiger partial charge is 0.446 e. The SMILES string of the molecule is CCc1c(N2CCN(C(=O)c3ncnc(C)c3O)CC2)c(=O)n2nc(-c3cccc4c3OCCO4)nc2n1CC(=O)Nc1ccc(SC(F)(F)F)cc1. The molecule has 19 heteroatoms. The van der Waals surface area contributed by atoms with Crippen molar-refractivity contribution in [1.29, 1.82) is 0 Å². The van der Waals surface area contributed by atoms with Crippen LogP contribution in [0.3, 0.4) is 0 Å². The molecule has 0 saturated carbocycles. The average molecular weight is 752 g/mol. The first kappa shape index (κ1) is 35.5. The van der Waals surface area contributed by atoms with E-state index in [2.05, 4.69) is 20.4 Å². The van der Waals surface area contributed by atoms with E-state index in [9.17, 15) is 32.7 Å². The molecule has 0 unspecified atom stereocenters.